The second-order valence-corrected chi connectivity index (χ2v) is 4.50. The van der Waals surface area contributed by atoms with Crippen LogP contribution in [0.3, 0.4) is 0 Å². The van der Waals surface area contributed by atoms with Crippen LogP contribution < -0.4 is 4.74 Å². The second-order valence-electron chi connectivity index (χ2n) is 4.09. The van der Waals surface area contributed by atoms with E-state index in [2.05, 4.69) is 9.89 Å². The minimum absolute atomic E-state index is 0.116. The van der Waals surface area contributed by atoms with Crippen LogP contribution in [0.4, 0.5) is 0 Å². The Morgan fingerprint density at radius 3 is 2.57 bits per heavy atom. The van der Waals surface area contributed by atoms with Gasteiger partial charge in [-0.3, -0.25) is 0 Å². The molecule has 21 heavy (non-hydrogen) atoms. The number of carbonyl (C=O) groups excluding carboxylic acids is 1. The van der Waals surface area contributed by atoms with Gasteiger partial charge in [0.15, 0.2) is 0 Å². The Labute approximate surface area is 127 Å². The zero-order valence-corrected chi connectivity index (χ0v) is 12.9. The molecule has 0 atom stereocenters. The summed E-state index contributed by atoms with van der Waals surface area (Å²) in [5, 5.41) is 12.4. The molecule has 6 nitrogen and oxygen atoms in total. The highest BCUT2D eigenvalue weighted by Crippen LogP contribution is 2.28. The van der Waals surface area contributed by atoms with Gasteiger partial charge in [-0.2, -0.15) is 0 Å². The summed E-state index contributed by atoms with van der Waals surface area (Å²) in [5.41, 5.74) is 1.50. The predicted octanol–water partition coefficient (Wildman–Crippen LogP) is 2.89. The van der Waals surface area contributed by atoms with E-state index in [1.807, 2.05) is 0 Å². The van der Waals surface area contributed by atoms with E-state index in [1.54, 1.807) is 26.0 Å². The standard InChI is InChI=1S/C14H16ClNO5/c1-8-5-11(15)10(9(2)16-18)6-12(8)21-13(7-19-3)14(17)20-4/h5-7,18H,1-4H3. The van der Waals surface area contributed by atoms with Gasteiger partial charge in [-0.1, -0.05) is 16.8 Å². The Morgan fingerprint density at radius 1 is 1.38 bits per heavy atom. The number of carbonyl (C=O) groups is 1. The van der Waals surface area contributed by atoms with Crippen LogP contribution in [0, 0.1) is 6.92 Å². The number of benzene rings is 1. The van der Waals surface area contributed by atoms with Crippen LogP contribution in [-0.4, -0.2) is 31.1 Å². The molecule has 1 N–H and O–H groups in total. The summed E-state index contributed by atoms with van der Waals surface area (Å²) in [5.74, 6) is -0.429. The van der Waals surface area contributed by atoms with Gasteiger partial charge in [-0.05, 0) is 31.5 Å². The summed E-state index contributed by atoms with van der Waals surface area (Å²) in [6, 6.07) is 3.21. The quantitative estimate of drug-likeness (QED) is 0.226. The van der Waals surface area contributed by atoms with Crippen LogP contribution >= 0.6 is 11.6 Å². The SMILES string of the molecule is COC=C(Oc1cc(C(C)=NO)c(Cl)cc1C)C(=O)OC. The molecule has 0 spiro atoms. The topological polar surface area (TPSA) is 77.4 Å². The average molecular weight is 314 g/mol. The fraction of sp³-hybridized carbons (Fsp3) is 0.286. The largest absolute Gasteiger partial charge is 0.500 e. The molecule has 7 heteroatoms. The summed E-state index contributed by atoms with van der Waals surface area (Å²) in [6.07, 6.45) is 1.13. The van der Waals surface area contributed by atoms with Crippen molar-refractivity contribution in [1.82, 2.24) is 0 Å². The van der Waals surface area contributed by atoms with Crippen LogP contribution in [0.2, 0.25) is 5.02 Å². The van der Waals surface area contributed by atoms with Crippen molar-refractivity contribution in [3.8, 4) is 5.75 Å². The molecular weight excluding hydrogens is 298 g/mol. The lowest BCUT2D eigenvalue weighted by Gasteiger charge is -2.13. The first-order valence-corrected chi connectivity index (χ1v) is 6.30. The van der Waals surface area contributed by atoms with E-state index in [-0.39, 0.29) is 5.76 Å². The Kier molecular flexibility index (Phi) is 6.05. The number of ether oxygens (including phenoxy) is 3. The lowest BCUT2D eigenvalue weighted by molar-refractivity contribution is -0.138. The van der Waals surface area contributed by atoms with Crippen LogP contribution in [0.25, 0.3) is 0 Å². The molecule has 0 aliphatic carbocycles. The van der Waals surface area contributed by atoms with Crippen molar-refractivity contribution in [2.75, 3.05) is 14.2 Å². The monoisotopic (exact) mass is 313 g/mol. The molecule has 0 aliphatic rings. The summed E-state index contributed by atoms with van der Waals surface area (Å²) < 4.78 is 14.9. The highest BCUT2D eigenvalue weighted by Gasteiger charge is 2.17. The van der Waals surface area contributed by atoms with Gasteiger partial charge in [-0.15, -0.1) is 0 Å². The molecule has 0 aromatic heterocycles. The fourth-order valence-corrected chi connectivity index (χ4v) is 1.89. The maximum Gasteiger partial charge on any atom is 0.377 e. The zero-order valence-electron chi connectivity index (χ0n) is 12.1. The minimum atomic E-state index is -0.680. The normalized spacial score (nSPS) is 12.0. The molecule has 0 saturated carbocycles. The van der Waals surface area contributed by atoms with Crippen molar-refractivity contribution in [3.63, 3.8) is 0 Å². The smallest absolute Gasteiger partial charge is 0.377 e. The molecule has 0 saturated heterocycles. The van der Waals surface area contributed by atoms with Crippen molar-refractivity contribution in [1.29, 1.82) is 0 Å². The molecule has 1 aromatic rings. The molecule has 0 amide bonds. The molecule has 1 aromatic carbocycles. The van der Waals surface area contributed by atoms with E-state index >= 15 is 0 Å². The highest BCUT2D eigenvalue weighted by molar-refractivity contribution is 6.34. The molecule has 0 aliphatic heterocycles. The highest BCUT2D eigenvalue weighted by atomic mass is 35.5. The van der Waals surface area contributed by atoms with Crippen LogP contribution in [0.1, 0.15) is 18.1 Å². The van der Waals surface area contributed by atoms with Gasteiger partial charge in [0.05, 0.1) is 25.0 Å². The van der Waals surface area contributed by atoms with Gasteiger partial charge >= 0.3 is 5.97 Å². The third-order valence-corrected chi connectivity index (χ3v) is 2.95. The lowest BCUT2D eigenvalue weighted by Crippen LogP contribution is -2.12. The van der Waals surface area contributed by atoms with Gasteiger partial charge in [0.1, 0.15) is 12.0 Å². The molecule has 114 valence electrons. The predicted molar refractivity (Wildman–Crippen MR) is 77.9 cm³/mol. The minimum Gasteiger partial charge on any atom is -0.500 e. The number of rotatable bonds is 5. The van der Waals surface area contributed by atoms with Crippen LogP contribution in [-0.2, 0) is 14.3 Å². The molecular formula is C14H16ClNO5. The third-order valence-electron chi connectivity index (χ3n) is 2.64. The summed E-state index contributed by atoms with van der Waals surface area (Å²) in [6.45, 7) is 3.35. The van der Waals surface area contributed by atoms with E-state index < -0.39 is 5.97 Å². The van der Waals surface area contributed by atoms with Crippen molar-refractivity contribution >= 4 is 23.3 Å². The van der Waals surface area contributed by atoms with Gasteiger partial charge in [0, 0.05) is 5.56 Å². The van der Waals surface area contributed by atoms with Crippen LogP contribution in [0.5, 0.6) is 5.75 Å². The molecule has 1 rings (SSSR count). The number of aryl methyl sites for hydroxylation is 1. The number of nitrogens with zero attached hydrogens (tertiary/aromatic N) is 1. The van der Waals surface area contributed by atoms with E-state index in [4.69, 9.17) is 26.3 Å². The van der Waals surface area contributed by atoms with Crippen molar-refractivity contribution in [2.45, 2.75) is 13.8 Å². The molecule has 0 heterocycles. The van der Waals surface area contributed by atoms with Crippen molar-refractivity contribution < 1.29 is 24.2 Å². The van der Waals surface area contributed by atoms with Crippen molar-refractivity contribution in [3.05, 3.63) is 40.3 Å². The first kappa shape index (κ1) is 16.8. The summed E-state index contributed by atoms with van der Waals surface area (Å²) in [7, 11) is 2.62. The first-order valence-electron chi connectivity index (χ1n) is 5.92. The Balaban J connectivity index is 3.24. The lowest BCUT2D eigenvalue weighted by atomic mass is 10.1. The van der Waals surface area contributed by atoms with E-state index in [1.165, 1.54) is 14.2 Å². The fourth-order valence-electron chi connectivity index (χ4n) is 1.53. The molecule has 0 fully saturated rings. The molecule has 0 radical (unpaired) electrons. The first-order chi connectivity index (χ1) is 9.94. The van der Waals surface area contributed by atoms with E-state index in [9.17, 15) is 4.79 Å². The van der Waals surface area contributed by atoms with E-state index in [0.29, 0.717) is 27.6 Å². The van der Waals surface area contributed by atoms with Crippen LogP contribution in [0.15, 0.2) is 29.3 Å². The number of hydrogen-bond donors (Lipinski definition) is 1. The zero-order chi connectivity index (χ0) is 16.0. The Bertz CT molecular complexity index is 595. The van der Waals surface area contributed by atoms with Crippen molar-refractivity contribution in [2.24, 2.45) is 5.16 Å². The maximum atomic E-state index is 11.6. The maximum absolute atomic E-state index is 11.6. The number of hydrogen-bond acceptors (Lipinski definition) is 6. The van der Waals surface area contributed by atoms with Gasteiger partial charge in [0.25, 0.3) is 0 Å². The summed E-state index contributed by atoms with van der Waals surface area (Å²) >= 11 is 6.08. The van der Waals surface area contributed by atoms with Gasteiger partial charge < -0.3 is 19.4 Å². The van der Waals surface area contributed by atoms with Gasteiger partial charge in [-0.25, -0.2) is 4.79 Å². The number of methoxy groups -OCH3 is 2. The Hall–Kier alpha value is -2.21. The molecule has 0 bridgehead atoms. The molecule has 0 unspecified atom stereocenters. The average Bonchev–Trinajstić information content (AvgIpc) is 2.47. The Morgan fingerprint density at radius 2 is 2.05 bits per heavy atom. The summed E-state index contributed by atoms with van der Waals surface area (Å²) in [4.78, 5) is 11.6. The number of oxime groups is 1. The third kappa shape index (κ3) is 4.13. The van der Waals surface area contributed by atoms with Gasteiger partial charge in [0.2, 0.25) is 5.76 Å². The van der Waals surface area contributed by atoms with E-state index in [0.717, 1.165) is 6.26 Å². The number of esters is 1. The number of halogens is 1. The second kappa shape index (κ2) is 7.54.